The normalized spacial score (nSPS) is 13.9. The summed E-state index contributed by atoms with van der Waals surface area (Å²) in [4.78, 5) is 0. The Balaban J connectivity index is 2.19. The van der Waals surface area contributed by atoms with Crippen LogP contribution in [-0.2, 0) is 0 Å². The lowest BCUT2D eigenvalue weighted by Gasteiger charge is -2.19. The number of nitrogens with one attached hydrogen (secondary N) is 1. The predicted octanol–water partition coefficient (Wildman–Crippen LogP) is 3.91. The molecule has 2 aromatic carbocycles. The fourth-order valence-corrected chi connectivity index (χ4v) is 2.05. The summed E-state index contributed by atoms with van der Waals surface area (Å²) in [7, 11) is 0. The van der Waals surface area contributed by atoms with Crippen LogP contribution in [0, 0.1) is 0 Å². The Hall–Kier alpha value is -1.80. The zero-order valence-electron chi connectivity index (χ0n) is 10.8. The second kappa shape index (κ2) is 5.69. The monoisotopic (exact) mass is 241 g/mol. The Kier molecular flexibility index (Phi) is 4.00. The van der Waals surface area contributed by atoms with Crippen molar-refractivity contribution in [2.45, 2.75) is 26.0 Å². The van der Waals surface area contributed by atoms with Gasteiger partial charge in [0.1, 0.15) is 0 Å². The third kappa shape index (κ3) is 2.90. The predicted molar refractivity (Wildman–Crippen MR) is 75.6 cm³/mol. The lowest BCUT2D eigenvalue weighted by Crippen LogP contribution is -2.09. The molecule has 94 valence electrons. The molecule has 0 bridgehead atoms. The highest BCUT2D eigenvalue weighted by Gasteiger charge is 2.10. The summed E-state index contributed by atoms with van der Waals surface area (Å²) in [6.45, 7) is 3.90. The van der Waals surface area contributed by atoms with E-state index in [9.17, 15) is 5.11 Å². The summed E-state index contributed by atoms with van der Waals surface area (Å²) in [5, 5.41) is 13.2. The van der Waals surface area contributed by atoms with Crippen molar-refractivity contribution in [3.63, 3.8) is 0 Å². The lowest BCUT2D eigenvalue weighted by atomic mass is 10.1. The van der Waals surface area contributed by atoms with Crippen LogP contribution in [0.15, 0.2) is 54.6 Å². The number of hydrogen-bond donors (Lipinski definition) is 2. The maximum atomic E-state index is 9.75. The molecule has 0 aromatic heterocycles. The van der Waals surface area contributed by atoms with Crippen molar-refractivity contribution < 1.29 is 5.11 Å². The third-order valence-electron chi connectivity index (χ3n) is 3.08. The molecule has 0 radical (unpaired) electrons. The zero-order chi connectivity index (χ0) is 13.0. The van der Waals surface area contributed by atoms with E-state index in [2.05, 4.69) is 24.4 Å². The Labute approximate surface area is 108 Å². The van der Waals surface area contributed by atoms with Crippen molar-refractivity contribution in [3.8, 4) is 0 Å². The number of anilines is 1. The van der Waals surface area contributed by atoms with Gasteiger partial charge in [-0.05, 0) is 25.5 Å². The van der Waals surface area contributed by atoms with Crippen molar-refractivity contribution in [2.24, 2.45) is 0 Å². The number of rotatable bonds is 4. The minimum atomic E-state index is -0.461. The summed E-state index contributed by atoms with van der Waals surface area (Å²) < 4.78 is 0. The minimum absolute atomic E-state index is 0.214. The van der Waals surface area contributed by atoms with Gasteiger partial charge >= 0.3 is 0 Å². The first kappa shape index (κ1) is 12.7. The van der Waals surface area contributed by atoms with E-state index in [-0.39, 0.29) is 6.04 Å². The minimum Gasteiger partial charge on any atom is -0.389 e. The summed E-state index contributed by atoms with van der Waals surface area (Å²) in [6, 6.07) is 18.4. The third-order valence-corrected chi connectivity index (χ3v) is 3.08. The molecule has 0 aliphatic rings. The number of benzene rings is 2. The van der Waals surface area contributed by atoms with Crippen molar-refractivity contribution >= 4 is 5.69 Å². The smallest absolute Gasteiger partial charge is 0.0781 e. The highest BCUT2D eigenvalue weighted by atomic mass is 16.3. The zero-order valence-corrected chi connectivity index (χ0v) is 10.8. The van der Waals surface area contributed by atoms with Crippen LogP contribution >= 0.6 is 0 Å². The maximum Gasteiger partial charge on any atom is 0.0781 e. The van der Waals surface area contributed by atoms with Crippen LogP contribution in [0.4, 0.5) is 5.69 Å². The average Bonchev–Trinajstić information content (AvgIpc) is 2.40. The number of aliphatic hydroxyl groups is 1. The largest absolute Gasteiger partial charge is 0.389 e. The lowest BCUT2D eigenvalue weighted by molar-refractivity contribution is 0.200. The number of para-hydroxylation sites is 1. The summed E-state index contributed by atoms with van der Waals surface area (Å²) in [5.74, 6) is 0. The van der Waals surface area contributed by atoms with Gasteiger partial charge in [-0.3, -0.25) is 0 Å². The van der Waals surface area contributed by atoms with Crippen LogP contribution in [0.2, 0.25) is 0 Å². The van der Waals surface area contributed by atoms with Gasteiger partial charge < -0.3 is 10.4 Å². The van der Waals surface area contributed by atoms with Gasteiger partial charge in [0.2, 0.25) is 0 Å². The second-order valence-corrected chi connectivity index (χ2v) is 4.54. The molecular formula is C16H19NO. The Bertz CT molecular complexity index is 493. The van der Waals surface area contributed by atoms with E-state index in [1.165, 1.54) is 5.56 Å². The molecule has 0 saturated carbocycles. The molecule has 2 nitrogen and oxygen atoms in total. The van der Waals surface area contributed by atoms with Crippen molar-refractivity contribution in [1.82, 2.24) is 0 Å². The molecule has 0 heterocycles. The van der Waals surface area contributed by atoms with Crippen molar-refractivity contribution in [1.29, 1.82) is 0 Å². The van der Waals surface area contributed by atoms with Gasteiger partial charge in [-0.1, -0.05) is 48.5 Å². The molecule has 0 aliphatic heterocycles. The summed E-state index contributed by atoms with van der Waals surface area (Å²) in [6.07, 6.45) is -0.461. The molecule has 0 saturated heterocycles. The van der Waals surface area contributed by atoms with Crippen LogP contribution in [-0.4, -0.2) is 5.11 Å². The molecule has 2 heteroatoms. The van der Waals surface area contributed by atoms with Gasteiger partial charge in [-0.2, -0.15) is 0 Å². The van der Waals surface area contributed by atoms with E-state index < -0.39 is 6.10 Å². The van der Waals surface area contributed by atoms with Crippen molar-refractivity contribution in [2.75, 3.05) is 5.32 Å². The van der Waals surface area contributed by atoms with E-state index in [1.54, 1.807) is 6.92 Å². The van der Waals surface area contributed by atoms with Crippen LogP contribution in [0.1, 0.15) is 37.1 Å². The van der Waals surface area contributed by atoms with Crippen LogP contribution in [0.3, 0.4) is 0 Å². The quantitative estimate of drug-likeness (QED) is 0.850. The standard InChI is InChI=1S/C16H19NO/c1-12(14-8-4-3-5-9-14)17-16-11-7-6-10-15(16)13(2)18/h3-13,17-18H,1-2H3. The highest BCUT2D eigenvalue weighted by molar-refractivity contribution is 5.53. The molecule has 2 aromatic rings. The molecule has 18 heavy (non-hydrogen) atoms. The van der Waals surface area contributed by atoms with E-state index >= 15 is 0 Å². The van der Waals surface area contributed by atoms with E-state index in [0.29, 0.717) is 0 Å². The molecule has 2 rings (SSSR count). The summed E-state index contributed by atoms with van der Waals surface area (Å²) >= 11 is 0. The van der Waals surface area contributed by atoms with E-state index in [0.717, 1.165) is 11.3 Å². The number of hydrogen-bond acceptors (Lipinski definition) is 2. The average molecular weight is 241 g/mol. The van der Waals surface area contributed by atoms with E-state index in [1.807, 2.05) is 42.5 Å². The second-order valence-electron chi connectivity index (χ2n) is 4.54. The van der Waals surface area contributed by atoms with Crippen LogP contribution in [0.5, 0.6) is 0 Å². The van der Waals surface area contributed by atoms with Gasteiger partial charge in [-0.15, -0.1) is 0 Å². The SMILES string of the molecule is CC(O)c1ccccc1NC(C)c1ccccc1. The Morgan fingerprint density at radius 1 is 0.889 bits per heavy atom. The molecular weight excluding hydrogens is 222 g/mol. The molecule has 2 unspecified atom stereocenters. The van der Waals surface area contributed by atoms with Crippen LogP contribution < -0.4 is 5.32 Å². The molecule has 0 aliphatic carbocycles. The first-order valence-electron chi connectivity index (χ1n) is 6.27. The first-order chi connectivity index (χ1) is 8.68. The Morgan fingerprint density at radius 2 is 1.50 bits per heavy atom. The molecule has 0 spiro atoms. The van der Waals surface area contributed by atoms with Crippen molar-refractivity contribution in [3.05, 3.63) is 65.7 Å². The topological polar surface area (TPSA) is 32.3 Å². The van der Waals surface area contributed by atoms with Gasteiger partial charge in [0.25, 0.3) is 0 Å². The molecule has 2 N–H and O–H groups in total. The van der Waals surface area contributed by atoms with Crippen LogP contribution in [0.25, 0.3) is 0 Å². The highest BCUT2D eigenvalue weighted by Crippen LogP contribution is 2.26. The van der Waals surface area contributed by atoms with Gasteiger partial charge in [0.15, 0.2) is 0 Å². The molecule has 0 amide bonds. The number of aliphatic hydroxyl groups excluding tert-OH is 1. The Morgan fingerprint density at radius 3 is 2.17 bits per heavy atom. The molecule has 0 fully saturated rings. The van der Waals surface area contributed by atoms with E-state index in [4.69, 9.17) is 0 Å². The molecule has 2 atom stereocenters. The van der Waals surface area contributed by atoms with Gasteiger partial charge in [0, 0.05) is 17.3 Å². The maximum absolute atomic E-state index is 9.75. The summed E-state index contributed by atoms with van der Waals surface area (Å²) in [5.41, 5.74) is 3.15. The van der Waals surface area contributed by atoms with Gasteiger partial charge in [-0.25, -0.2) is 0 Å². The fraction of sp³-hybridized carbons (Fsp3) is 0.250. The fourth-order valence-electron chi connectivity index (χ4n) is 2.05. The first-order valence-corrected chi connectivity index (χ1v) is 6.27. The van der Waals surface area contributed by atoms with Gasteiger partial charge in [0.05, 0.1) is 6.10 Å².